The molecule has 0 radical (unpaired) electrons. The minimum absolute atomic E-state index is 0.298. The van der Waals surface area contributed by atoms with Gasteiger partial charge in [0.25, 0.3) is 5.91 Å². The quantitative estimate of drug-likeness (QED) is 0.918. The Kier molecular flexibility index (Phi) is 3.56. The fourth-order valence-electron chi connectivity index (χ4n) is 2.76. The van der Waals surface area contributed by atoms with Crippen molar-refractivity contribution in [2.24, 2.45) is 0 Å². The van der Waals surface area contributed by atoms with Gasteiger partial charge in [0, 0.05) is 11.9 Å². The van der Waals surface area contributed by atoms with Crippen molar-refractivity contribution in [3.63, 3.8) is 0 Å². The summed E-state index contributed by atoms with van der Waals surface area (Å²) in [4.78, 5) is 29.7. The molecular weight excluding hydrogens is 268 g/mol. The maximum atomic E-state index is 12.6. The lowest BCUT2D eigenvalue weighted by Crippen LogP contribution is -2.48. The molecule has 1 N–H and O–H groups in total. The average Bonchev–Trinajstić information content (AvgIpc) is 2.53. The number of carbonyl (C=O) groups is 2. The van der Waals surface area contributed by atoms with Crippen molar-refractivity contribution < 1.29 is 14.7 Å². The highest BCUT2D eigenvalue weighted by atomic mass is 16.4. The van der Waals surface area contributed by atoms with E-state index in [1.807, 2.05) is 30.3 Å². The van der Waals surface area contributed by atoms with Crippen molar-refractivity contribution in [2.45, 2.75) is 25.3 Å². The molecule has 1 amide bonds. The summed E-state index contributed by atoms with van der Waals surface area (Å²) < 4.78 is 0. The molecule has 108 valence electrons. The van der Waals surface area contributed by atoms with Gasteiger partial charge >= 0.3 is 5.97 Å². The summed E-state index contributed by atoms with van der Waals surface area (Å²) in [6.45, 7) is 0.476. The van der Waals surface area contributed by atoms with Crippen LogP contribution in [0.1, 0.15) is 29.8 Å². The molecule has 2 aromatic rings. The normalized spacial score (nSPS) is 18.7. The molecule has 0 unspecified atom stereocenters. The summed E-state index contributed by atoms with van der Waals surface area (Å²) in [6.07, 6.45) is 2.18. The van der Waals surface area contributed by atoms with Crippen molar-refractivity contribution in [3.05, 3.63) is 42.1 Å². The van der Waals surface area contributed by atoms with Crippen LogP contribution >= 0.6 is 0 Å². The van der Waals surface area contributed by atoms with Crippen LogP contribution in [0.5, 0.6) is 0 Å². The molecule has 21 heavy (non-hydrogen) atoms. The zero-order valence-electron chi connectivity index (χ0n) is 11.5. The van der Waals surface area contributed by atoms with Gasteiger partial charge in [-0.05, 0) is 31.4 Å². The van der Waals surface area contributed by atoms with E-state index in [9.17, 15) is 14.7 Å². The van der Waals surface area contributed by atoms with Gasteiger partial charge in [-0.3, -0.25) is 4.79 Å². The number of carboxylic acids is 1. The number of aliphatic carboxylic acids is 1. The predicted octanol–water partition coefficient (Wildman–Crippen LogP) is 2.31. The van der Waals surface area contributed by atoms with Gasteiger partial charge in [0.05, 0.1) is 5.52 Å². The van der Waals surface area contributed by atoms with Crippen LogP contribution in [0.4, 0.5) is 0 Å². The number of aromatic nitrogens is 1. The number of pyridine rings is 1. The van der Waals surface area contributed by atoms with Crippen molar-refractivity contribution in [2.75, 3.05) is 6.54 Å². The Morgan fingerprint density at radius 1 is 1.14 bits per heavy atom. The van der Waals surface area contributed by atoms with Gasteiger partial charge < -0.3 is 10.0 Å². The van der Waals surface area contributed by atoms with Gasteiger partial charge in [-0.2, -0.15) is 0 Å². The number of carbonyl (C=O) groups excluding carboxylic acids is 1. The van der Waals surface area contributed by atoms with Crippen LogP contribution in [0.3, 0.4) is 0 Å². The van der Waals surface area contributed by atoms with Crippen LogP contribution in [0.2, 0.25) is 0 Å². The van der Waals surface area contributed by atoms with Crippen LogP contribution in [-0.4, -0.2) is 39.5 Å². The Bertz CT molecular complexity index is 699. The van der Waals surface area contributed by atoms with E-state index >= 15 is 0 Å². The first-order valence-electron chi connectivity index (χ1n) is 7.06. The molecule has 0 aliphatic carbocycles. The maximum Gasteiger partial charge on any atom is 0.326 e. The molecule has 0 bridgehead atoms. The van der Waals surface area contributed by atoms with Gasteiger partial charge in [0.2, 0.25) is 0 Å². The summed E-state index contributed by atoms with van der Waals surface area (Å²) in [5.41, 5.74) is 1.05. The number of para-hydroxylation sites is 1. The monoisotopic (exact) mass is 284 g/mol. The SMILES string of the molecule is O=C(O)[C@H]1CCCCN1C(=O)c1ccc2ccccc2n1. The minimum Gasteiger partial charge on any atom is -0.480 e. The summed E-state index contributed by atoms with van der Waals surface area (Å²) in [7, 11) is 0. The lowest BCUT2D eigenvalue weighted by atomic mass is 10.0. The average molecular weight is 284 g/mol. The van der Waals surface area contributed by atoms with Crippen molar-refractivity contribution in [3.8, 4) is 0 Å². The fraction of sp³-hybridized carbons (Fsp3) is 0.312. The van der Waals surface area contributed by atoms with Crippen LogP contribution in [0.15, 0.2) is 36.4 Å². The Labute approximate surface area is 122 Å². The van der Waals surface area contributed by atoms with E-state index < -0.39 is 12.0 Å². The van der Waals surface area contributed by atoms with Gasteiger partial charge in [0.15, 0.2) is 0 Å². The van der Waals surface area contributed by atoms with Crippen molar-refractivity contribution in [1.82, 2.24) is 9.88 Å². The molecule has 5 heteroatoms. The molecule has 1 aromatic carbocycles. The van der Waals surface area contributed by atoms with Crippen LogP contribution in [-0.2, 0) is 4.79 Å². The molecule has 3 rings (SSSR count). The number of amides is 1. The smallest absolute Gasteiger partial charge is 0.326 e. The molecule has 1 aromatic heterocycles. The molecule has 1 aliphatic rings. The third-order valence-corrected chi connectivity index (χ3v) is 3.87. The largest absolute Gasteiger partial charge is 0.480 e. The van der Waals surface area contributed by atoms with Crippen LogP contribution in [0.25, 0.3) is 10.9 Å². The molecule has 1 aliphatic heterocycles. The van der Waals surface area contributed by atoms with Crippen molar-refractivity contribution >= 4 is 22.8 Å². The number of rotatable bonds is 2. The summed E-state index contributed by atoms with van der Waals surface area (Å²) in [5.74, 6) is -1.24. The van der Waals surface area contributed by atoms with Crippen LogP contribution in [0, 0.1) is 0 Å². The first-order valence-corrected chi connectivity index (χ1v) is 7.06. The predicted molar refractivity (Wildman–Crippen MR) is 78.1 cm³/mol. The van der Waals surface area contributed by atoms with E-state index in [0.717, 1.165) is 23.7 Å². The maximum absolute atomic E-state index is 12.6. The standard InChI is InChI=1S/C16H16N2O3/c19-15(18-10-4-3-7-14(18)16(20)21)13-9-8-11-5-1-2-6-12(11)17-13/h1-2,5-6,8-9,14H,3-4,7,10H2,(H,20,21)/t14-/m1/s1. The number of carboxylic acid groups (broad SMARTS) is 1. The summed E-state index contributed by atoms with van der Waals surface area (Å²) >= 11 is 0. The van der Waals surface area contributed by atoms with E-state index in [2.05, 4.69) is 4.98 Å². The zero-order valence-corrected chi connectivity index (χ0v) is 11.5. The van der Waals surface area contributed by atoms with E-state index in [0.29, 0.717) is 18.7 Å². The molecule has 0 saturated carbocycles. The van der Waals surface area contributed by atoms with Crippen molar-refractivity contribution in [1.29, 1.82) is 0 Å². The fourth-order valence-corrected chi connectivity index (χ4v) is 2.76. The highest BCUT2D eigenvalue weighted by molar-refractivity contribution is 5.97. The minimum atomic E-state index is -0.941. The first-order chi connectivity index (χ1) is 10.2. The van der Waals surface area contributed by atoms with Gasteiger partial charge in [-0.15, -0.1) is 0 Å². The van der Waals surface area contributed by atoms with E-state index in [1.165, 1.54) is 4.90 Å². The summed E-state index contributed by atoms with van der Waals surface area (Å²) in [6, 6.07) is 10.3. The lowest BCUT2D eigenvalue weighted by molar-refractivity contribution is -0.143. The van der Waals surface area contributed by atoms with Gasteiger partial charge in [-0.1, -0.05) is 24.3 Å². The number of benzene rings is 1. The number of piperidine rings is 1. The first kappa shape index (κ1) is 13.5. The zero-order chi connectivity index (χ0) is 14.8. The molecule has 1 atom stereocenters. The molecule has 1 fully saturated rings. The van der Waals surface area contributed by atoms with Crippen LogP contribution < -0.4 is 0 Å². The highest BCUT2D eigenvalue weighted by Crippen LogP contribution is 2.20. The Balaban J connectivity index is 1.93. The van der Waals surface area contributed by atoms with E-state index in [1.54, 1.807) is 6.07 Å². The second kappa shape index (κ2) is 5.52. The van der Waals surface area contributed by atoms with Gasteiger partial charge in [0.1, 0.15) is 11.7 Å². The Morgan fingerprint density at radius 2 is 1.95 bits per heavy atom. The lowest BCUT2D eigenvalue weighted by Gasteiger charge is -2.32. The number of fused-ring (bicyclic) bond motifs is 1. The molecule has 2 heterocycles. The number of nitrogens with zero attached hydrogens (tertiary/aromatic N) is 2. The second-order valence-corrected chi connectivity index (χ2v) is 5.24. The van der Waals surface area contributed by atoms with E-state index in [4.69, 9.17) is 0 Å². The molecule has 5 nitrogen and oxygen atoms in total. The van der Waals surface area contributed by atoms with E-state index in [-0.39, 0.29) is 5.91 Å². The number of likely N-dealkylation sites (tertiary alicyclic amines) is 1. The van der Waals surface area contributed by atoms with Gasteiger partial charge in [-0.25, -0.2) is 9.78 Å². The molecule has 0 spiro atoms. The third kappa shape index (κ3) is 2.59. The third-order valence-electron chi connectivity index (χ3n) is 3.87. The molecular formula is C16H16N2O3. The molecule has 1 saturated heterocycles. The second-order valence-electron chi connectivity index (χ2n) is 5.24. The summed E-state index contributed by atoms with van der Waals surface area (Å²) in [5, 5.41) is 10.2. The number of hydrogen-bond donors (Lipinski definition) is 1. The Hall–Kier alpha value is -2.43. The Morgan fingerprint density at radius 3 is 2.76 bits per heavy atom. The topological polar surface area (TPSA) is 70.5 Å². The highest BCUT2D eigenvalue weighted by Gasteiger charge is 2.32. The number of hydrogen-bond acceptors (Lipinski definition) is 3.